The van der Waals surface area contributed by atoms with Gasteiger partial charge >= 0.3 is 0 Å². The number of rotatable bonds is 5. The van der Waals surface area contributed by atoms with Crippen LogP contribution in [0.2, 0.25) is 0 Å². The van der Waals surface area contributed by atoms with Crippen LogP contribution < -0.4 is 0 Å². The number of benzene rings is 1. The van der Waals surface area contributed by atoms with Crippen LogP contribution in [0.15, 0.2) is 30.3 Å². The lowest BCUT2D eigenvalue weighted by atomic mass is 10.2. The van der Waals surface area contributed by atoms with E-state index in [2.05, 4.69) is 41.0 Å². The fraction of sp³-hybridized carbons (Fsp3) is 0.636. The van der Waals surface area contributed by atoms with Gasteiger partial charge < -0.3 is 14.7 Å². The highest BCUT2D eigenvalue weighted by Gasteiger charge is 2.51. The van der Waals surface area contributed by atoms with E-state index in [1.165, 1.54) is 5.56 Å². The third kappa shape index (κ3) is 4.39. The van der Waals surface area contributed by atoms with E-state index in [0.29, 0.717) is 0 Å². The van der Waals surface area contributed by atoms with Crippen LogP contribution in [0.5, 0.6) is 0 Å². The molecule has 2 aliphatic heterocycles. The summed E-state index contributed by atoms with van der Waals surface area (Å²) in [6.07, 6.45) is 0.746. The molecular weight excluding hydrogens is 352 g/mol. The number of amides is 2. The molecule has 3 fully saturated rings. The zero-order valence-electron chi connectivity index (χ0n) is 16.9. The third-order valence-corrected chi connectivity index (χ3v) is 6.49. The van der Waals surface area contributed by atoms with Crippen molar-refractivity contribution in [3.05, 3.63) is 35.9 Å². The van der Waals surface area contributed by atoms with E-state index in [1.54, 1.807) is 0 Å². The van der Waals surface area contributed by atoms with Crippen LogP contribution in [0.3, 0.4) is 0 Å². The van der Waals surface area contributed by atoms with Crippen molar-refractivity contribution >= 4 is 11.8 Å². The molecule has 0 N–H and O–H groups in total. The predicted molar refractivity (Wildman–Crippen MR) is 109 cm³/mol. The Labute approximate surface area is 168 Å². The molecule has 1 aromatic carbocycles. The Morgan fingerprint density at radius 3 is 1.79 bits per heavy atom. The minimum absolute atomic E-state index is 0.0666. The summed E-state index contributed by atoms with van der Waals surface area (Å²) in [4.78, 5) is 34.3. The average molecular weight is 385 g/mol. The van der Waals surface area contributed by atoms with Gasteiger partial charge in [-0.2, -0.15) is 0 Å². The molecular formula is C22H32N4O2. The Balaban J connectivity index is 1.21. The number of piperazine rings is 2. The first-order chi connectivity index (χ1) is 13.7. The van der Waals surface area contributed by atoms with Crippen LogP contribution in [-0.2, 0) is 16.1 Å². The molecule has 1 aliphatic carbocycles. The normalized spacial score (nSPS) is 26.3. The first kappa shape index (κ1) is 19.4. The summed E-state index contributed by atoms with van der Waals surface area (Å²) in [5, 5.41) is 0. The second-order valence-corrected chi connectivity index (χ2v) is 8.30. The SMILES string of the molecule is CCN1CCN(C(=O)C2CC2C(=O)N2CCN(Cc3ccccc3)CC2)CC1. The van der Waals surface area contributed by atoms with Gasteiger partial charge in [0.25, 0.3) is 0 Å². The van der Waals surface area contributed by atoms with E-state index in [4.69, 9.17) is 0 Å². The van der Waals surface area contributed by atoms with Crippen molar-refractivity contribution in [2.45, 2.75) is 19.9 Å². The van der Waals surface area contributed by atoms with Crippen LogP contribution in [0.25, 0.3) is 0 Å². The Bertz CT molecular complexity index is 679. The quantitative estimate of drug-likeness (QED) is 0.764. The van der Waals surface area contributed by atoms with E-state index >= 15 is 0 Å². The summed E-state index contributed by atoms with van der Waals surface area (Å²) >= 11 is 0. The van der Waals surface area contributed by atoms with E-state index in [-0.39, 0.29) is 23.7 Å². The molecule has 1 saturated carbocycles. The van der Waals surface area contributed by atoms with Crippen molar-refractivity contribution < 1.29 is 9.59 Å². The molecule has 2 atom stereocenters. The molecule has 2 saturated heterocycles. The van der Waals surface area contributed by atoms with Gasteiger partial charge in [-0.3, -0.25) is 14.5 Å². The van der Waals surface area contributed by atoms with Gasteiger partial charge in [-0.05, 0) is 18.5 Å². The van der Waals surface area contributed by atoms with Gasteiger partial charge in [0, 0.05) is 58.9 Å². The standard InChI is InChI=1S/C22H32N4O2/c1-2-23-8-12-25(13-9-23)21(27)19-16-20(19)22(28)26-14-10-24(11-15-26)17-18-6-4-3-5-7-18/h3-7,19-20H,2,8-17H2,1H3. The van der Waals surface area contributed by atoms with Gasteiger partial charge in [0.1, 0.15) is 0 Å². The van der Waals surface area contributed by atoms with Crippen LogP contribution in [-0.4, -0.2) is 90.3 Å². The van der Waals surface area contributed by atoms with E-state index in [1.807, 2.05) is 15.9 Å². The molecule has 3 aliphatic rings. The summed E-state index contributed by atoms with van der Waals surface area (Å²) in [7, 11) is 0. The van der Waals surface area contributed by atoms with Crippen LogP contribution >= 0.6 is 0 Å². The Morgan fingerprint density at radius 1 is 0.786 bits per heavy atom. The fourth-order valence-electron chi connectivity index (χ4n) is 4.46. The molecule has 0 spiro atoms. The maximum absolute atomic E-state index is 12.8. The lowest BCUT2D eigenvalue weighted by molar-refractivity contribution is -0.139. The average Bonchev–Trinajstić information content (AvgIpc) is 3.55. The Hall–Kier alpha value is -1.92. The highest BCUT2D eigenvalue weighted by molar-refractivity contribution is 5.92. The zero-order valence-corrected chi connectivity index (χ0v) is 16.9. The number of likely N-dealkylation sites (N-methyl/N-ethyl adjacent to an activating group) is 1. The predicted octanol–water partition coefficient (Wildman–Crippen LogP) is 1.13. The molecule has 1 aromatic rings. The van der Waals surface area contributed by atoms with Crippen molar-refractivity contribution in [2.24, 2.45) is 11.8 Å². The molecule has 4 rings (SSSR count). The first-order valence-corrected chi connectivity index (χ1v) is 10.7. The lowest BCUT2D eigenvalue weighted by Gasteiger charge is -2.35. The summed E-state index contributed by atoms with van der Waals surface area (Å²) in [5.74, 6) is 0.266. The van der Waals surface area contributed by atoms with Crippen LogP contribution in [0.1, 0.15) is 18.9 Å². The van der Waals surface area contributed by atoms with Gasteiger partial charge in [0.2, 0.25) is 11.8 Å². The molecule has 2 heterocycles. The summed E-state index contributed by atoms with van der Waals surface area (Å²) in [5.41, 5.74) is 1.32. The molecule has 152 valence electrons. The monoisotopic (exact) mass is 384 g/mol. The Kier molecular flexibility index (Phi) is 5.97. The maximum Gasteiger partial charge on any atom is 0.226 e. The van der Waals surface area contributed by atoms with Crippen molar-refractivity contribution in [2.75, 3.05) is 58.9 Å². The smallest absolute Gasteiger partial charge is 0.226 e. The second-order valence-electron chi connectivity index (χ2n) is 8.30. The van der Waals surface area contributed by atoms with Crippen molar-refractivity contribution in [3.63, 3.8) is 0 Å². The molecule has 6 nitrogen and oxygen atoms in total. The molecule has 2 amide bonds. The largest absolute Gasteiger partial charge is 0.340 e. The number of hydrogen-bond donors (Lipinski definition) is 0. The highest BCUT2D eigenvalue weighted by Crippen LogP contribution is 2.41. The molecule has 28 heavy (non-hydrogen) atoms. The number of carbonyl (C=O) groups is 2. The minimum Gasteiger partial charge on any atom is -0.340 e. The summed E-state index contributed by atoms with van der Waals surface area (Å²) in [6, 6.07) is 10.5. The summed E-state index contributed by atoms with van der Waals surface area (Å²) in [6.45, 7) is 11.0. The highest BCUT2D eigenvalue weighted by atomic mass is 16.2. The lowest BCUT2D eigenvalue weighted by Crippen LogP contribution is -2.50. The number of nitrogens with zero attached hydrogens (tertiary/aromatic N) is 4. The molecule has 6 heteroatoms. The Morgan fingerprint density at radius 2 is 1.29 bits per heavy atom. The molecule has 0 bridgehead atoms. The van der Waals surface area contributed by atoms with Gasteiger partial charge in [-0.15, -0.1) is 0 Å². The second kappa shape index (κ2) is 8.62. The third-order valence-electron chi connectivity index (χ3n) is 6.49. The van der Waals surface area contributed by atoms with Gasteiger partial charge in [-0.25, -0.2) is 0 Å². The van der Waals surface area contributed by atoms with Gasteiger partial charge in [-0.1, -0.05) is 37.3 Å². The molecule has 0 radical (unpaired) electrons. The topological polar surface area (TPSA) is 47.1 Å². The number of carbonyl (C=O) groups excluding carboxylic acids is 2. The fourth-order valence-corrected chi connectivity index (χ4v) is 4.46. The first-order valence-electron chi connectivity index (χ1n) is 10.7. The van der Waals surface area contributed by atoms with E-state index < -0.39 is 0 Å². The maximum atomic E-state index is 12.8. The van der Waals surface area contributed by atoms with Crippen LogP contribution in [0.4, 0.5) is 0 Å². The molecule has 2 unspecified atom stereocenters. The minimum atomic E-state index is -0.0719. The van der Waals surface area contributed by atoms with Crippen molar-refractivity contribution in [3.8, 4) is 0 Å². The summed E-state index contributed by atoms with van der Waals surface area (Å²) < 4.78 is 0. The van der Waals surface area contributed by atoms with E-state index in [0.717, 1.165) is 71.9 Å². The van der Waals surface area contributed by atoms with Crippen molar-refractivity contribution in [1.82, 2.24) is 19.6 Å². The number of hydrogen-bond acceptors (Lipinski definition) is 4. The molecule has 0 aromatic heterocycles. The van der Waals surface area contributed by atoms with Crippen LogP contribution in [0, 0.1) is 11.8 Å². The zero-order chi connectivity index (χ0) is 19.5. The van der Waals surface area contributed by atoms with Gasteiger partial charge in [0.05, 0.1) is 11.8 Å². The van der Waals surface area contributed by atoms with E-state index in [9.17, 15) is 9.59 Å². The van der Waals surface area contributed by atoms with Gasteiger partial charge in [0.15, 0.2) is 0 Å². The van der Waals surface area contributed by atoms with Crippen molar-refractivity contribution in [1.29, 1.82) is 0 Å².